The molecule has 2 N–H and O–H groups in total. The van der Waals surface area contributed by atoms with E-state index in [4.69, 9.17) is 4.74 Å². The van der Waals surface area contributed by atoms with Crippen LogP contribution in [0.25, 0.3) is 0 Å². The lowest BCUT2D eigenvalue weighted by atomic mass is 10.2. The van der Waals surface area contributed by atoms with Crippen LogP contribution in [0, 0.1) is 0 Å². The third-order valence-electron chi connectivity index (χ3n) is 5.21. The first-order valence-corrected chi connectivity index (χ1v) is 9.49. The van der Waals surface area contributed by atoms with Crippen molar-refractivity contribution in [1.29, 1.82) is 0 Å². The number of benzene rings is 2. The minimum atomic E-state index is -0.504. The molecule has 4 rings (SSSR count). The summed E-state index contributed by atoms with van der Waals surface area (Å²) in [6.07, 6.45) is 0.542. The lowest BCUT2D eigenvalue weighted by molar-refractivity contribution is -0.125. The largest absolute Gasteiger partial charge is 0.479 e. The van der Waals surface area contributed by atoms with E-state index in [1.54, 1.807) is 37.1 Å². The molecule has 0 bridgehead atoms. The number of para-hydroxylation sites is 1. The number of rotatable bonds is 4. The van der Waals surface area contributed by atoms with Crippen LogP contribution >= 0.6 is 0 Å². The molecular formula is C21H24N4O3. The SMILES string of the molecule is C[C@H]1Oc2ccc(NC(=O)NCCN3CCc4ccccc43)cc2N(C)C1=O. The Morgan fingerprint density at radius 1 is 1.21 bits per heavy atom. The molecule has 0 unspecified atom stereocenters. The zero-order valence-electron chi connectivity index (χ0n) is 16.1. The second-order valence-corrected chi connectivity index (χ2v) is 7.09. The van der Waals surface area contributed by atoms with Gasteiger partial charge < -0.3 is 25.2 Å². The van der Waals surface area contributed by atoms with Crippen molar-refractivity contribution in [1.82, 2.24) is 5.32 Å². The number of urea groups is 1. The molecule has 0 fully saturated rings. The smallest absolute Gasteiger partial charge is 0.319 e. The highest BCUT2D eigenvalue weighted by molar-refractivity contribution is 6.00. The minimum absolute atomic E-state index is 0.111. The Hall–Kier alpha value is -3.22. The first-order chi connectivity index (χ1) is 13.5. The van der Waals surface area contributed by atoms with Gasteiger partial charge in [-0.3, -0.25) is 4.79 Å². The monoisotopic (exact) mass is 380 g/mol. The van der Waals surface area contributed by atoms with Crippen molar-refractivity contribution in [2.45, 2.75) is 19.4 Å². The maximum atomic E-state index is 12.2. The molecule has 0 aliphatic carbocycles. The Labute approximate surface area is 164 Å². The van der Waals surface area contributed by atoms with Crippen LogP contribution in [0.5, 0.6) is 5.75 Å². The number of likely N-dealkylation sites (N-methyl/N-ethyl adjacent to an activating group) is 1. The Kier molecular flexibility index (Phi) is 4.81. The lowest BCUT2D eigenvalue weighted by Gasteiger charge is -2.30. The topological polar surface area (TPSA) is 73.9 Å². The molecule has 0 radical (unpaired) electrons. The van der Waals surface area contributed by atoms with Crippen LogP contribution in [0.3, 0.4) is 0 Å². The van der Waals surface area contributed by atoms with Gasteiger partial charge in [0.05, 0.1) is 5.69 Å². The third kappa shape index (κ3) is 3.47. The molecule has 2 heterocycles. The molecule has 0 aromatic heterocycles. The van der Waals surface area contributed by atoms with Crippen molar-refractivity contribution in [3.8, 4) is 5.75 Å². The molecule has 28 heavy (non-hydrogen) atoms. The minimum Gasteiger partial charge on any atom is -0.479 e. The maximum Gasteiger partial charge on any atom is 0.319 e. The molecule has 0 spiro atoms. The molecular weight excluding hydrogens is 356 g/mol. The van der Waals surface area contributed by atoms with Gasteiger partial charge in [0.15, 0.2) is 6.10 Å². The van der Waals surface area contributed by atoms with E-state index in [1.807, 2.05) is 6.07 Å². The number of hydrogen-bond donors (Lipinski definition) is 2. The van der Waals surface area contributed by atoms with E-state index in [-0.39, 0.29) is 11.9 Å². The Morgan fingerprint density at radius 2 is 2.04 bits per heavy atom. The van der Waals surface area contributed by atoms with E-state index in [0.29, 0.717) is 23.7 Å². The van der Waals surface area contributed by atoms with Gasteiger partial charge in [-0.25, -0.2) is 4.79 Å². The average Bonchev–Trinajstić information content (AvgIpc) is 3.10. The van der Waals surface area contributed by atoms with Crippen LogP contribution in [0.15, 0.2) is 42.5 Å². The molecule has 3 amide bonds. The number of hydrogen-bond acceptors (Lipinski definition) is 4. The summed E-state index contributed by atoms with van der Waals surface area (Å²) in [6.45, 7) is 4.01. The molecule has 2 aliphatic heterocycles. The fourth-order valence-electron chi connectivity index (χ4n) is 3.71. The van der Waals surface area contributed by atoms with Gasteiger partial charge >= 0.3 is 6.03 Å². The van der Waals surface area contributed by atoms with Gasteiger partial charge in [-0.1, -0.05) is 18.2 Å². The van der Waals surface area contributed by atoms with E-state index in [2.05, 4.69) is 33.7 Å². The zero-order chi connectivity index (χ0) is 19.7. The van der Waals surface area contributed by atoms with E-state index in [1.165, 1.54) is 11.3 Å². The van der Waals surface area contributed by atoms with Crippen LogP contribution < -0.4 is 25.2 Å². The van der Waals surface area contributed by atoms with Crippen LogP contribution in [0.2, 0.25) is 0 Å². The fraction of sp³-hybridized carbons (Fsp3) is 0.333. The molecule has 146 valence electrons. The highest BCUT2D eigenvalue weighted by Crippen LogP contribution is 2.35. The Morgan fingerprint density at radius 3 is 2.89 bits per heavy atom. The van der Waals surface area contributed by atoms with Gasteiger partial charge in [-0.15, -0.1) is 0 Å². The molecule has 0 saturated carbocycles. The van der Waals surface area contributed by atoms with Crippen molar-refractivity contribution in [3.05, 3.63) is 48.0 Å². The van der Waals surface area contributed by atoms with Gasteiger partial charge in [-0.2, -0.15) is 0 Å². The summed E-state index contributed by atoms with van der Waals surface area (Å²) in [4.78, 5) is 28.2. The van der Waals surface area contributed by atoms with Crippen molar-refractivity contribution in [2.75, 3.05) is 41.8 Å². The number of amides is 3. The van der Waals surface area contributed by atoms with Crippen LogP contribution in [-0.2, 0) is 11.2 Å². The number of carbonyl (C=O) groups is 2. The summed E-state index contributed by atoms with van der Waals surface area (Å²) in [5.41, 5.74) is 3.87. The normalized spacial score (nSPS) is 17.6. The molecule has 1 atom stereocenters. The van der Waals surface area contributed by atoms with E-state index in [0.717, 1.165) is 19.5 Å². The van der Waals surface area contributed by atoms with Gasteiger partial charge in [0.25, 0.3) is 5.91 Å². The summed E-state index contributed by atoms with van der Waals surface area (Å²) < 4.78 is 5.60. The highest BCUT2D eigenvalue weighted by Gasteiger charge is 2.29. The average molecular weight is 380 g/mol. The lowest BCUT2D eigenvalue weighted by Crippen LogP contribution is -2.42. The number of ether oxygens (including phenoxy) is 1. The first kappa shape index (κ1) is 18.2. The predicted molar refractivity (Wildman–Crippen MR) is 109 cm³/mol. The van der Waals surface area contributed by atoms with Crippen LogP contribution in [0.1, 0.15) is 12.5 Å². The van der Waals surface area contributed by atoms with Crippen LogP contribution in [0.4, 0.5) is 21.9 Å². The van der Waals surface area contributed by atoms with Crippen molar-refractivity contribution in [3.63, 3.8) is 0 Å². The molecule has 0 saturated heterocycles. The molecule has 2 aromatic carbocycles. The standard InChI is InChI=1S/C21H24N4O3/c1-14-20(26)24(2)18-13-16(7-8-19(18)28-14)23-21(27)22-10-12-25-11-9-15-5-3-4-6-17(15)25/h3-8,13-14H,9-12H2,1-2H3,(H2,22,23,27)/t14-/m1/s1. The maximum absolute atomic E-state index is 12.2. The number of anilines is 3. The van der Waals surface area contributed by atoms with E-state index >= 15 is 0 Å². The number of nitrogens with one attached hydrogen (secondary N) is 2. The summed E-state index contributed by atoms with van der Waals surface area (Å²) in [5, 5.41) is 5.71. The molecule has 7 heteroatoms. The van der Waals surface area contributed by atoms with Gasteiger partial charge in [0.1, 0.15) is 5.75 Å². The van der Waals surface area contributed by atoms with Gasteiger partial charge in [-0.05, 0) is 43.2 Å². The second-order valence-electron chi connectivity index (χ2n) is 7.09. The highest BCUT2D eigenvalue weighted by atomic mass is 16.5. The quantitative estimate of drug-likeness (QED) is 0.855. The second kappa shape index (κ2) is 7.42. The van der Waals surface area contributed by atoms with E-state index < -0.39 is 6.10 Å². The number of fused-ring (bicyclic) bond motifs is 2. The summed E-state index contributed by atoms with van der Waals surface area (Å²) in [6, 6.07) is 13.4. The van der Waals surface area contributed by atoms with Crippen molar-refractivity contribution in [2.24, 2.45) is 0 Å². The zero-order valence-corrected chi connectivity index (χ0v) is 16.1. The molecule has 2 aromatic rings. The summed E-state index contributed by atoms with van der Waals surface area (Å²) in [7, 11) is 1.71. The molecule has 2 aliphatic rings. The summed E-state index contributed by atoms with van der Waals surface area (Å²) in [5.74, 6) is 0.522. The Balaban J connectivity index is 1.32. The van der Waals surface area contributed by atoms with Crippen molar-refractivity contribution >= 4 is 29.0 Å². The van der Waals surface area contributed by atoms with Crippen LogP contribution in [-0.4, -0.2) is 44.7 Å². The van der Waals surface area contributed by atoms with Gasteiger partial charge in [0, 0.05) is 38.1 Å². The Bertz CT molecular complexity index is 914. The van der Waals surface area contributed by atoms with E-state index in [9.17, 15) is 9.59 Å². The summed E-state index contributed by atoms with van der Waals surface area (Å²) >= 11 is 0. The predicted octanol–water partition coefficient (Wildman–Crippen LogP) is 2.61. The molecule has 7 nitrogen and oxygen atoms in total. The van der Waals surface area contributed by atoms with Crippen molar-refractivity contribution < 1.29 is 14.3 Å². The van der Waals surface area contributed by atoms with Gasteiger partial charge in [0.2, 0.25) is 0 Å². The first-order valence-electron chi connectivity index (χ1n) is 9.49. The number of carbonyl (C=O) groups excluding carboxylic acids is 2. The number of nitrogens with zero attached hydrogens (tertiary/aromatic N) is 2. The fourth-order valence-corrected chi connectivity index (χ4v) is 3.71. The third-order valence-corrected chi connectivity index (χ3v) is 5.21.